The highest BCUT2D eigenvalue weighted by Crippen LogP contribution is 2.23. The van der Waals surface area contributed by atoms with Gasteiger partial charge in [-0.05, 0) is 35.4 Å². The van der Waals surface area contributed by atoms with Gasteiger partial charge in [-0.25, -0.2) is 4.98 Å². The first-order valence-corrected chi connectivity index (χ1v) is 10.4. The summed E-state index contributed by atoms with van der Waals surface area (Å²) in [4.78, 5) is 20.3. The molecule has 0 spiro atoms. The van der Waals surface area contributed by atoms with Crippen LogP contribution in [0, 0.1) is 0 Å². The summed E-state index contributed by atoms with van der Waals surface area (Å²) in [5.41, 5.74) is 0. The Kier molecular flexibility index (Phi) is 9.06. The zero-order chi connectivity index (χ0) is 19.6. The number of anilines is 1. The lowest BCUT2D eigenvalue weighted by Gasteiger charge is -2.36. The van der Waals surface area contributed by atoms with Gasteiger partial charge >= 0.3 is 0 Å². The quantitative estimate of drug-likeness (QED) is 0.485. The SMILES string of the molecule is CCCN(CC)CCNC(=NC)N1CCN(c2ncc(Br)c(OC)n2)CC1. The summed E-state index contributed by atoms with van der Waals surface area (Å²) in [5, 5.41) is 3.50. The Bertz CT molecular complexity index is 605. The monoisotopic (exact) mass is 441 g/mol. The van der Waals surface area contributed by atoms with Gasteiger partial charge < -0.3 is 24.8 Å². The maximum atomic E-state index is 5.28. The average molecular weight is 442 g/mol. The van der Waals surface area contributed by atoms with E-state index >= 15 is 0 Å². The van der Waals surface area contributed by atoms with E-state index < -0.39 is 0 Å². The van der Waals surface area contributed by atoms with Crippen LogP contribution in [-0.2, 0) is 0 Å². The van der Waals surface area contributed by atoms with Crippen molar-refractivity contribution in [3.05, 3.63) is 10.7 Å². The number of nitrogens with one attached hydrogen (secondary N) is 1. The molecule has 0 saturated carbocycles. The molecule has 1 fully saturated rings. The molecule has 27 heavy (non-hydrogen) atoms. The lowest BCUT2D eigenvalue weighted by atomic mass is 10.3. The molecule has 1 aromatic heterocycles. The topological polar surface area (TPSA) is 69.1 Å². The molecule has 0 aliphatic carbocycles. The zero-order valence-corrected chi connectivity index (χ0v) is 18.5. The van der Waals surface area contributed by atoms with E-state index in [0.717, 1.165) is 62.8 Å². The van der Waals surface area contributed by atoms with Crippen LogP contribution in [0.3, 0.4) is 0 Å². The van der Waals surface area contributed by atoms with Crippen LogP contribution in [0.4, 0.5) is 5.95 Å². The van der Waals surface area contributed by atoms with Crippen LogP contribution in [0.5, 0.6) is 5.88 Å². The van der Waals surface area contributed by atoms with Crippen LogP contribution in [0.25, 0.3) is 0 Å². The van der Waals surface area contributed by atoms with Crippen molar-refractivity contribution in [3.8, 4) is 5.88 Å². The van der Waals surface area contributed by atoms with Crippen molar-refractivity contribution in [1.82, 2.24) is 25.1 Å². The Labute approximate surface area is 171 Å². The number of piperazine rings is 1. The highest BCUT2D eigenvalue weighted by atomic mass is 79.9. The Morgan fingerprint density at radius 3 is 2.63 bits per heavy atom. The van der Waals surface area contributed by atoms with Crippen LogP contribution in [0.15, 0.2) is 15.7 Å². The van der Waals surface area contributed by atoms with E-state index in [0.29, 0.717) is 11.8 Å². The van der Waals surface area contributed by atoms with Crippen LogP contribution < -0.4 is 15.0 Å². The Hall–Kier alpha value is -1.61. The molecule has 0 atom stereocenters. The van der Waals surface area contributed by atoms with Gasteiger partial charge in [-0.2, -0.15) is 4.98 Å². The fraction of sp³-hybridized carbons (Fsp3) is 0.722. The first kappa shape index (κ1) is 21.7. The van der Waals surface area contributed by atoms with Crippen molar-refractivity contribution in [2.24, 2.45) is 4.99 Å². The van der Waals surface area contributed by atoms with Gasteiger partial charge in [0.25, 0.3) is 0 Å². The molecule has 1 saturated heterocycles. The Morgan fingerprint density at radius 2 is 2.04 bits per heavy atom. The predicted octanol–water partition coefficient (Wildman–Crippen LogP) is 1.68. The lowest BCUT2D eigenvalue weighted by Crippen LogP contribution is -2.53. The van der Waals surface area contributed by atoms with Crippen molar-refractivity contribution in [2.75, 3.05) is 71.4 Å². The van der Waals surface area contributed by atoms with Crippen molar-refractivity contribution in [3.63, 3.8) is 0 Å². The Balaban J connectivity index is 1.84. The molecule has 9 heteroatoms. The van der Waals surface area contributed by atoms with Crippen LogP contribution in [0.2, 0.25) is 0 Å². The number of likely N-dealkylation sites (N-methyl/N-ethyl adjacent to an activating group) is 1. The molecule has 1 aliphatic heterocycles. The number of ether oxygens (including phenoxy) is 1. The normalized spacial score (nSPS) is 15.4. The standard InChI is InChI=1S/C18H32BrN7O/c1-5-8-24(6-2)9-7-21-17(20-3)25-10-12-26(13-11-25)18-22-14-15(19)16(23-18)27-4/h14H,5-13H2,1-4H3,(H,20,21). The first-order chi connectivity index (χ1) is 13.1. The molecule has 0 radical (unpaired) electrons. The van der Waals surface area contributed by atoms with Gasteiger partial charge in [-0.15, -0.1) is 0 Å². The number of nitrogens with zero attached hydrogens (tertiary/aromatic N) is 6. The summed E-state index contributed by atoms with van der Waals surface area (Å²) in [6.45, 7) is 12.1. The van der Waals surface area contributed by atoms with E-state index in [9.17, 15) is 0 Å². The largest absolute Gasteiger partial charge is 0.480 e. The third-order valence-electron chi connectivity index (χ3n) is 4.66. The fourth-order valence-corrected chi connectivity index (χ4v) is 3.51. The highest BCUT2D eigenvalue weighted by Gasteiger charge is 2.22. The molecule has 1 aromatic rings. The van der Waals surface area contributed by atoms with Crippen molar-refractivity contribution < 1.29 is 4.74 Å². The van der Waals surface area contributed by atoms with E-state index in [1.165, 1.54) is 6.42 Å². The maximum Gasteiger partial charge on any atom is 0.232 e. The molecule has 2 rings (SSSR count). The van der Waals surface area contributed by atoms with E-state index in [1.54, 1.807) is 13.3 Å². The number of aliphatic imine (C=N–C) groups is 1. The molecule has 1 N–H and O–H groups in total. The lowest BCUT2D eigenvalue weighted by molar-refractivity contribution is 0.289. The van der Waals surface area contributed by atoms with Gasteiger partial charge in [0.2, 0.25) is 11.8 Å². The summed E-state index contributed by atoms with van der Waals surface area (Å²) in [5.74, 6) is 2.24. The summed E-state index contributed by atoms with van der Waals surface area (Å²) in [6.07, 6.45) is 2.93. The van der Waals surface area contributed by atoms with E-state index in [1.807, 2.05) is 7.05 Å². The second-order valence-corrected chi connectivity index (χ2v) is 7.26. The van der Waals surface area contributed by atoms with Crippen molar-refractivity contribution >= 4 is 27.8 Å². The predicted molar refractivity (Wildman–Crippen MR) is 114 cm³/mol. The molecular weight excluding hydrogens is 410 g/mol. The number of methoxy groups -OCH3 is 1. The second-order valence-electron chi connectivity index (χ2n) is 6.41. The number of halogens is 1. The van der Waals surface area contributed by atoms with Crippen LogP contribution >= 0.6 is 15.9 Å². The zero-order valence-electron chi connectivity index (χ0n) is 16.9. The van der Waals surface area contributed by atoms with Crippen molar-refractivity contribution in [2.45, 2.75) is 20.3 Å². The van der Waals surface area contributed by atoms with Crippen molar-refractivity contribution in [1.29, 1.82) is 0 Å². The molecule has 2 heterocycles. The molecule has 0 aromatic carbocycles. The van der Waals surface area contributed by atoms with Gasteiger partial charge in [-0.3, -0.25) is 4.99 Å². The minimum absolute atomic E-state index is 0.562. The van der Waals surface area contributed by atoms with Crippen LogP contribution in [-0.4, -0.2) is 92.2 Å². The van der Waals surface area contributed by atoms with E-state index in [4.69, 9.17) is 4.74 Å². The van der Waals surface area contributed by atoms with Gasteiger partial charge in [-0.1, -0.05) is 13.8 Å². The molecule has 152 valence electrons. The number of hydrogen-bond acceptors (Lipinski definition) is 6. The summed E-state index contributed by atoms with van der Waals surface area (Å²) < 4.78 is 6.04. The number of rotatable bonds is 8. The number of guanidine groups is 1. The molecule has 0 amide bonds. The van der Waals surface area contributed by atoms with E-state index in [-0.39, 0.29) is 0 Å². The third kappa shape index (κ3) is 6.21. The third-order valence-corrected chi connectivity index (χ3v) is 5.21. The molecule has 0 unspecified atom stereocenters. The maximum absolute atomic E-state index is 5.28. The van der Waals surface area contributed by atoms with Gasteiger partial charge in [0.05, 0.1) is 17.8 Å². The summed E-state index contributed by atoms with van der Waals surface area (Å²) in [6, 6.07) is 0. The highest BCUT2D eigenvalue weighted by molar-refractivity contribution is 9.10. The van der Waals surface area contributed by atoms with Gasteiger partial charge in [0.1, 0.15) is 0 Å². The molecular formula is C18H32BrN7O. The molecule has 0 bridgehead atoms. The second kappa shape index (κ2) is 11.3. The fourth-order valence-electron chi connectivity index (χ4n) is 3.16. The molecule has 8 nitrogen and oxygen atoms in total. The average Bonchev–Trinajstić information content (AvgIpc) is 2.71. The summed E-state index contributed by atoms with van der Waals surface area (Å²) in [7, 11) is 3.46. The Morgan fingerprint density at radius 1 is 1.30 bits per heavy atom. The van der Waals surface area contributed by atoms with Crippen LogP contribution in [0.1, 0.15) is 20.3 Å². The molecule has 1 aliphatic rings. The smallest absolute Gasteiger partial charge is 0.232 e. The minimum Gasteiger partial charge on any atom is -0.480 e. The minimum atomic E-state index is 0.562. The first-order valence-electron chi connectivity index (χ1n) is 9.62. The summed E-state index contributed by atoms with van der Waals surface area (Å²) >= 11 is 3.40. The number of hydrogen-bond donors (Lipinski definition) is 1. The van der Waals surface area contributed by atoms with E-state index in [2.05, 4.69) is 64.8 Å². The van der Waals surface area contributed by atoms with Gasteiger partial charge in [0, 0.05) is 46.3 Å². The number of aromatic nitrogens is 2. The van der Waals surface area contributed by atoms with Gasteiger partial charge in [0.15, 0.2) is 5.96 Å².